The highest BCUT2D eigenvalue weighted by atomic mass is 19.1. The number of rotatable bonds is 5. The molecular weight excluding hydrogens is 209 g/mol. The van der Waals surface area contributed by atoms with Gasteiger partial charge in [0.15, 0.2) is 17.3 Å². The van der Waals surface area contributed by atoms with Crippen molar-refractivity contribution in [3.63, 3.8) is 0 Å². The van der Waals surface area contributed by atoms with Gasteiger partial charge in [0.2, 0.25) is 0 Å². The van der Waals surface area contributed by atoms with Crippen LogP contribution < -0.4 is 10.5 Å². The topological polar surface area (TPSA) is 55.5 Å². The predicted octanol–water partition coefficient (Wildman–Crippen LogP) is 2.13. The van der Waals surface area contributed by atoms with Gasteiger partial charge < -0.3 is 15.6 Å². The highest BCUT2D eigenvalue weighted by Crippen LogP contribution is 2.35. The number of phenolic OH excluding ortho intramolecular Hbond substituents is 1. The second kappa shape index (κ2) is 5.70. The van der Waals surface area contributed by atoms with Crippen molar-refractivity contribution < 1.29 is 14.2 Å². The Balaban J connectivity index is 2.98. The summed E-state index contributed by atoms with van der Waals surface area (Å²) in [5.41, 5.74) is 6.89. The molecule has 0 saturated heterocycles. The average Bonchev–Trinajstić information content (AvgIpc) is 2.23. The molecule has 0 aliphatic rings. The Morgan fingerprint density at radius 1 is 1.44 bits per heavy atom. The van der Waals surface area contributed by atoms with Gasteiger partial charge in [-0.05, 0) is 44.4 Å². The number of halogens is 1. The van der Waals surface area contributed by atoms with Gasteiger partial charge in [0.25, 0.3) is 0 Å². The molecular formula is C12H18FNO2. The molecule has 0 amide bonds. The van der Waals surface area contributed by atoms with Crippen LogP contribution in [0.5, 0.6) is 11.5 Å². The summed E-state index contributed by atoms with van der Waals surface area (Å²) in [5.74, 6) is -0.689. The minimum Gasteiger partial charge on any atom is -0.504 e. The fourth-order valence-electron chi connectivity index (χ4n) is 1.74. The lowest BCUT2D eigenvalue weighted by atomic mass is 10.0. The summed E-state index contributed by atoms with van der Waals surface area (Å²) >= 11 is 0. The number of benzene rings is 1. The molecule has 0 aromatic heterocycles. The van der Waals surface area contributed by atoms with Gasteiger partial charge in [-0.25, -0.2) is 4.39 Å². The van der Waals surface area contributed by atoms with Crippen molar-refractivity contribution in [3.8, 4) is 11.5 Å². The smallest absolute Gasteiger partial charge is 0.196 e. The van der Waals surface area contributed by atoms with E-state index in [0.29, 0.717) is 13.0 Å². The molecule has 0 atom stereocenters. The van der Waals surface area contributed by atoms with Crippen molar-refractivity contribution in [2.75, 3.05) is 13.7 Å². The molecule has 3 N–H and O–H groups in total. The highest BCUT2D eigenvalue weighted by molar-refractivity contribution is 5.50. The van der Waals surface area contributed by atoms with Gasteiger partial charge in [-0.2, -0.15) is 0 Å². The molecule has 0 spiro atoms. The summed E-state index contributed by atoms with van der Waals surface area (Å²) in [7, 11) is 1.34. The summed E-state index contributed by atoms with van der Waals surface area (Å²) in [5, 5.41) is 9.85. The number of methoxy groups -OCH3 is 1. The van der Waals surface area contributed by atoms with Crippen LogP contribution in [0.1, 0.15) is 24.0 Å². The number of hydrogen-bond donors (Lipinski definition) is 2. The first kappa shape index (κ1) is 12.8. The number of ether oxygens (including phenoxy) is 1. The first-order chi connectivity index (χ1) is 7.61. The summed E-state index contributed by atoms with van der Waals surface area (Å²) < 4.78 is 18.2. The summed E-state index contributed by atoms with van der Waals surface area (Å²) in [6.07, 6.45) is 2.45. The third-order valence-corrected chi connectivity index (χ3v) is 2.62. The van der Waals surface area contributed by atoms with E-state index in [2.05, 4.69) is 0 Å². The lowest BCUT2D eigenvalue weighted by Crippen LogP contribution is -2.01. The average molecular weight is 227 g/mol. The summed E-state index contributed by atoms with van der Waals surface area (Å²) in [6.45, 7) is 2.40. The van der Waals surface area contributed by atoms with E-state index in [1.807, 2.05) is 0 Å². The van der Waals surface area contributed by atoms with Gasteiger partial charge >= 0.3 is 0 Å². The summed E-state index contributed by atoms with van der Waals surface area (Å²) in [6, 6.07) is 1.39. The van der Waals surface area contributed by atoms with E-state index in [1.165, 1.54) is 13.2 Å². The van der Waals surface area contributed by atoms with E-state index in [1.54, 1.807) is 6.92 Å². The first-order valence-corrected chi connectivity index (χ1v) is 5.36. The Morgan fingerprint density at radius 2 is 2.12 bits per heavy atom. The minimum absolute atomic E-state index is 0.0756. The van der Waals surface area contributed by atoms with Crippen LogP contribution in [0.4, 0.5) is 4.39 Å². The second-order valence-electron chi connectivity index (χ2n) is 3.78. The molecule has 0 bridgehead atoms. The number of nitrogens with two attached hydrogens (primary N) is 1. The maximum absolute atomic E-state index is 13.4. The van der Waals surface area contributed by atoms with Crippen LogP contribution in [-0.4, -0.2) is 18.8 Å². The van der Waals surface area contributed by atoms with Crippen molar-refractivity contribution in [2.45, 2.75) is 26.2 Å². The van der Waals surface area contributed by atoms with Crippen LogP contribution >= 0.6 is 0 Å². The lowest BCUT2D eigenvalue weighted by molar-refractivity contribution is 0.348. The van der Waals surface area contributed by atoms with Gasteiger partial charge in [0.1, 0.15) is 0 Å². The quantitative estimate of drug-likeness (QED) is 0.758. The zero-order valence-corrected chi connectivity index (χ0v) is 9.72. The Morgan fingerprint density at radius 3 is 2.69 bits per heavy atom. The van der Waals surface area contributed by atoms with E-state index in [-0.39, 0.29) is 11.5 Å². The molecule has 4 heteroatoms. The molecule has 0 heterocycles. The molecule has 0 radical (unpaired) electrons. The third-order valence-electron chi connectivity index (χ3n) is 2.62. The molecule has 0 fully saturated rings. The van der Waals surface area contributed by atoms with E-state index in [0.717, 1.165) is 24.0 Å². The van der Waals surface area contributed by atoms with Crippen LogP contribution in [0.15, 0.2) is 6.07 Å². The molecule has 0 saturated carbocycles. The Kier molecular flexibility index (Phi) is 4.55. The van der Waals surface area contributed by atoms with E-state index in [4.69, 9.17) is 10.5 Å². The Bertz CT molecular complexity index is 367. The minimum atomic E-state index is -0.528. The van der Waals surface area contributed by atoms with Crippen LogP contribution in [0.3, 0.4) is 0 Å². The lowest BCUT2D eigenvalue weighted by Gasteiger charge is -2.12. The highest BCUT2D eigenvalue weighted by Gasteiger charge is 2.15. The maximum atomic E-state index is 13.4. The molecule has 1 aromatic carbocycles. The van der Waals surface area contributed by atoms with E-state index in [9.17, 15) is 9.50 Å². The molecule has 0 aliphatic carbocycles. The second-order valence-corrected chi connectivity index (χ2v) is 3.78. The van der Waals surface area contributed by atoms with E-state index >= 15 is 0 Å². The van der Waals surface area contributed by atoms with Gasteiger partial charge in [-0.15, -0.1) is 0 Å². The predicted molar refractivity (Wildman–Crippen MR) is 61.3 cm³/mol. The molecule has 90 valence electrons. The van der Waals surface area contributed by atoms with Gasteiger partial charge in [-0.1, -0.05) is 0 Å². The molecule has 3 nitrogen and oxygen atoms in total. The normalized spacial score (nSPS) is 10.5. The fourth-order valence-corrected chi connectivity index (χ4v) is 1.74. The molecule has 16 heavy (non-hydrogen) atoms. The van der Waals surface area contributed by atoms with Crippen molar-refractivity contribution in [2.24, 2.45) is 5.73 Å². The molecule has 1 aromatic rings. The van der Waals surface area contributed by atoms with Crippen LogP contribution in [0.2, 0.25) is 0 Å². The maximum Gasteiger partial charge on any atom is 0.196 e. The van der Waals surface area contributed by atoms with Crippen molar-refractivity contribution in [1.82, 2.24) is 0 Å². The zero-order chi connectivity index (χ0) is 12.1. The standard InChI is InChI=1S/C12H18FNO2/c1-8-7-10(13)12(16-2)11(15)9(8)5-3-4-6-14/h7,15H,3-6,14H2,1-2H3. The first-order valence-electron chi connectivity index (χ1n) is 5.36. The van der Waals surface area contributed by atoms with Crippen LogP contribution in [0, 0.1) is 12.7 Å². The van der Waals surface area contributed by atoms with Gasteiger partial charge in [0.05, 0.1) is 7.11 Å². The molecule has 0 unspecified atom stereocenters. The number of aromatic hydroxyl groups is 1. The number of unbranched alkanes of at least 4 members (excludes halogenated alkanes) is 1. The van der Waals surface area contributed by atoms with Crippen LogP contribution in [0.25, 0.3) is 0 Å². The molecule has 1 rings (SSSR count). The van der Waals surface area contributed by atoms with E-state index < -0.39 is 5.82 Å². The SMILES string of the molecule is COc1c(F)cc(C)c(CCCCN)c1O. The van der Waals surface area contributed by atoms with Gasteiger partial charge in [0, 0.05) is 5.56 Å². The van der Waals surface area contributed by atoms with Crippen molar-refractivity contribution in [1.29, 1.82) is 0 Å². The third kappa shape index (κ3) is 2.64. The Labute approximate surface area is 95.0 Å². The van der Waals surface area contributed by atoms with Crippen molar-refractivity contribution in [3.05, 3.63) is 23.0 Å². The number of phenols is 1. The largest absolute Gasteiger partial charge is 0.504 e. The number of hydrogen-bond acceptors (Lipinski definition) is 3. The van der Waals surface area contributed by atoms with Crippen LogP contribution in [-0.2, 0) is 6.42 Å². The Hall–Kier alpha value is -1.29. The number of aryl methyl sites for hydroxylation is 1. The summed E-state index contributed by atoms with van der Waals surface area (Å²) in [4.78, 5) is 0. The fraction of sp³-hybridized carbons (Fsp3) is 0.500. The zero-order valence-electron chi connectivity index (χ0n) is 9.72. The van der Waals surface area contributed by atoms with Gasteiger partial charge in [-0.3, -0.25) is 0 Å². The van der Waals surface area contributed by atoms with Crippen molar-refractivity contribution >= 4 is 0 Å². The monoisotopic (exact) mass is 227 g/mol. The molecule has 0 aliphatic heterocycles.